The fourth-order valence-electron chi connectivity index (χ4n) is 0.640. The summed E-state index contributed by atoms with van der Waals surface area (Å²) in [6.45, 7) is 6.02. The molecule has 0 aliphatic heterocycles. The van der Waals surface area contributed by atoms with Crippen molar-refractivity contribution in [1.82, 2.24) is 0 Å². The average Bonchev–Trinajstić information content (AvgIpc) is 2.02. The van der Waals surface area contributed by atoms with Gasteiger partial charge in [-0.05, 0) is 30.7 Å². The maximum Gasteiger partial charge on any atom is 0.00700 e. The van der Waals surface area contributed by atoms with Crippen LogP contribution in [0.3, 0.4) is 0 Å². The first-order valence-corrected chi connectivity index (χ1v) is 4.58. The first-order chi connectivity index (χ1) is 5.20. The fraction of sp³-hybridized carbons (Fsp3) is 0.333. The Bertz CT molecular complexity index is 219. The van der Waals surface area contributed by atoms with Crippen LogP contribution >= 0.6 is 25.3 Å². The van der Waals surface area contributed by atoms with Crippen LogP contribution in [0.4, 0.5) is 0 Å². The van der Waals surface area contributed by atoms with Crippen LogP contribution in [0.2, 0.25) is 0 Å². The molecule has 0 N–H and O–H groups in total. The molecule has 0 fully saturated rings. The smallest absolute Gasteiger partial charge is 0.00700 e. The summed E-state index contributed by atoms with van der Waals surface area (Å²) >= 11 is 8.38. The van der Waals surface area contributed by atoms with Gasteiger partial charge in [-0.3, -0.25) is 0 Å². The van der Waals surface area contributed by atoms with E-state index in [1.807, 2.05) is 39.0 Å². The largest absolute Gasteiger partial charge is 0.143 e. The molecule has 1 aromatic carbocycles. The van der Waals surface area contributed by atoms with E-state index in [2.05, 4.69) is 25.3 Å². The van der Waals surface area contributed by atoms with Gasteiger partial charge in [0.15, 0.2) is 0 Å². The van der Waals surface area contributed by atoms with Crippen molar-refractivity contribution in [3.63, 3.8) is 0 Å². The van der Waals surface area contributed by atoms with Gasteiger partial charge in [-0.25, -0.2) is 0 Å². The lowest BCUT2D eigenvalue weighted by molar-refractivity contribution is 1.25. The third kappa shape index (κ3) is 3.73. The summed E-state index contributed by atoms with van der Waals surface area (Å²) in [6, 6.07) is 5.87. The second-order valence-electron chi connectivity index (χ2n) is 1.97. The monoisotopic (exact) mass is 186 g/mol. The lowest BCUT2D eigenvalue weighted by atomic mass is 10.2. The predicted molar refractivity (Wildman–Crippen MR) is 57.0 cm³/mol. The third-order valence-corrected chi connectivity index (χ3v) is 1.96. The molecule has 2 heteroatoms. The van der Waals surface area contributed by atoms with Gasteiger partial charge in [0.05, 0.1) is 0 Å². The summed E-state index contributed by atoms with van der Waals surface area (Å²) in [5.41, 5.74) is 1.17. The molecule has 0 bridgehead atoms. The van der Waals surface area contributed by atoms with E-state index in [-0.39, 0.29) is 0 Å². The SMILES string of the molecule is CC.Cc1cc(S)ccc1S. The Morgan fingerprint density at radius 1 is 1.09 bits per heavy atom. The van der Waals surface area contributed by atoms with Crippen molar-refractivity contribution < 1.29 is 0 Å². The van der Waals surface area contributed by atoms with Crippen molar-refractivity contribution in [2.75, 3.05) is 0 Å². The van der Waals surface area contributed by atoms with Gasteiger partial charge in [0.1, 0.15) is 0 Å². The number of thiol groups is 2. The molecule has 0 aliphatic rings. The van der Waals surface area contributed by atoms with Crippen molar-refractivity contribution >= 4 is 25.3 Å². The maximum absolute atomic E-state index is 4.21. The van der Waals surface area contributed by atoms with Crippen LogP contribution in [0.25, 0.3) is 0 Å². The minimum atomic E-state index is 0.991. The van der Waals surface area contributed by atoms with Crippen LogP contribution in [0.5, 0.6) is 0 Å². The van der Waals surface area contributed by atoms with Crippen LogP contribution in [0.1, 0.15) is 19.4 Å². The first kappa shape index (κ1) is 10.9. The van der Waals surface area contributed by atoms with Crippen molar-refractivity contribution in [3.05, 3.63) is 23.8 Å². The summed E-state index contributed by atoms with van der Waals surface area (Å²) in [7, 11) is 0. The van der Waals surface area contributed by atoms with Gasteiger partial charge < -0.3 is 0 Å². The normalized spacial score (nSPS) is 8.45. The topological polar surface area (TPSA) is 0 Å². The number of hydrogen-bond acceptors (Lipinski definition) is 2. The standard InChI is InChI=1S/C7H8S2.C2H6/c1-5-4-6(8)2-3-7(5)9;1-2/h2-4,8-9H,1H3;1-2H3. The van der Waals surface area contributed by atoms with Crippen LogP contribution in [-0.4, -0.2) is 0 Å². The fourth-order valence-corrected chi connectivity index (χ4v) is 1.05. The highest BCUT2D eigenvalue weighted by atomic mass is 32.1. The zero-order valence-corrected chi connectivity index (χ0v) is 8.92. The molecule has 0 spiro atoms. The number of rotatable bonds is 0. The van der Waals surface area contributed by atoms with Crippen LogP contribution < -0.4 is 0 Å². The van der Waals surface area contributed by atoms with Gasteiger partial charge in [0.25, 0.3) is 0 Å². The quantitative estimate of drug-likeness (QED) is 0.568. The lowest BCUT2D eigenvalue weighted by Crippen LogP contribution is -1.74. The highest BCUT2D eigenvalue weighted by Gasteiger charge is 1.90. The van der Waals surface area contributed by atoms with Gasteiger partial charge in [0, 0.05) is 9.79 Å². The molecule has 62 valence electrons. The van der Waals surface area contributed by atoms with Crippen molar-refractivity contribution in [1.29, 1.82) is 0 Å². The minimum absolute atomic E-state index is 0.991. The average molecular weight is 186 g/mol. The molecule has 0 aliphatic carbocycles. The number of aryl methyl sites for hydroxylation is 1. The maximum atomic E-state index is 4.21. The van der Waals surface area contributed by atoms with E-state index in [1.54, 1.807) is 0 Å². The molecule has 0 nitrogen and oxygen atoms in total. The van der Waals surface area contributed by atoms with E-state index in [1.165, 1.54) is 5.56 Å². The summed E-state index contributed by atoms with van der Waals surface area (Å²) < 4.78 is 0. The van der Waals surface area contributed by atoms with Gasteiger partial charge in [-0.2, -0.15) is 0 Å². The summed E-state index contributed by atoms with van der Waals surface area (Å²) in [6.07, 6.45) is 0. The summed E-state index contributed by atoms with van der Waals surface area (Å²) in [5, 5.41) is 0. The number of hydrogen-bond donors (Lipinski definition) is 2. The molecule has 0 saturated carbocycles. The predicted octanol–water partition coefficient (Wildman–Crippen LogP) is 3.60. The summed E-state index contributed by atoms with van der Waals surface area (Å²) in [5.74, 6) is 0. The highest BCUT2D eigenvalue weighted by Crippen LogP contribution is 2.16. The Balaban J connectivity index is 0.000000461. The van der Waals surface area contributed by atoms with Gasteiger partial charge in [-0.15, -0.1) is 25.3 Å². The van der Waals surface area contributed by atoms with E-state index < -0.39 is 0 Å². The lowest BCUT2D eigenvalue weighted by Gasteiger charge is -1.96. The Labute approximate surface area is 79.8 Å². The Morgan fingerprint density at radius 3 is 2.00 bits per heavy atom. The van der Waals surface area contributed by atoms with Crippen molar-refractivity contribution in [2.45, 2.75) is 30.6 Å². The van der Waals surface area contributed by atoms with Crippen LogP contribution in [0.15, 0.2) is 28.0 Å². The van der Waals surface area contributed by atoms with Gasteiger partial charge in [0.2, 0.25) is 0 Å². The van der Waals surface area contributed by atoms with E-state index in [9.17, 15) is 0 Å². The van der Waals surface area contributed by atoms with Gasteiger partial charge >= 0.3 is 0 Å². The molecule has 0 radical (unpaired) electrons. The number of benzene rings is 1. The van der Waals surface area contributed by atoms with Crippen LogP contribution in [-0.2, 0) is 0 Å². The second-order valence-corrected chi connectivity index (χ2v) is 2.97. The van der Waals surface area contributed by atoms with E-state index in [4.69, 9.17) is 0 Å². The molecule has 0 unspecified atom stereocenters. The molecule has 0 amide bonds. The Hall–Kier alpha value is -0.0800. The second kappa shape index (κ2) is 5.56. The molecular formula is C9H14S2. The molecule has 0 atom stereocenters. The first-order valence-electron chi connectivity index (χ1n) is 3.69. The minimum Gasteiger partial charge on any atom is -0.143 e. The van der Waals surface area contributed by atoms with E-state index in [0.29, 0.717) is 0 Å². The molecule has 11 heavy (non-hydrogen) atoms. The van der Waals surface area contributed by atoms with Gasteiger partial charge in [-0.1, -0.05) is 13.8 Å². The molecular weight excluding hydrogens is 172 g/mol. The van der Waals surface area contributed by atoms with Crippen molar-refractivity contribution in [2.24, 2.45) is 0 Å². The van der Waals surface area contributed by atoms with E-state index >= 15 is 0 Å². The van der Waals surface area contributed by atoms with E-state index in [0.717, 1.165) is 9.79 Å². The Morgan fingerprint density at radius 2 is 1.64 bits per heavy atom. The molecule has 1 rings (SSSR count). The van der Waals surface area contributed by atoms with Crippen LogP contribution in [0, 0.1) is 6.92 Å². The Kier molecular flexibility index (Phi) is 5.51. The summed E-state index contributed by atoms with van der Waals surface area (Å²) in [4.78, 5) is 2.01. The molecule has 0 heterocycles. The molecule has 0 saturated heterocycles. The zero-order chi connectivity index (χ0) is 8.85. The zero-order valence-electron chi connectivity index (χ0n) is 7.13. The highest BCUT2D eigenvalue weighted by molar-refractivity contribution is 7.80. The third-order valence-electron chi connectivity index (χ3n) is 1.18. The van der Waals surface area contributed by atoms with Crippen molar-refractivity contribution in [3.8, 4) is 0 Å². The molecule has 0 aromatic heterocycles. The molecule has 1 aromatic rings.